The van der Waals surface area contributed by atoms with E-state index in [1.807, 2.05) is 6.92 Å². The first-order valence-corrected chi connectivity index (χ1v) is 5.89. The maximum absolute atomic E-state index is 11.2. The number of anilines is 1. The highest BCUT2D eigenvalue weighted by molar-refractivity contribution is 5.92. The van der Waals surface area contributed by atoms with Gasteiger partial charge in [-0.15, -0.1) is 0 Å². The normalized spacial score (nSPS) is 10.3. The summed E-state index contributed by atoms with van der Waals surface area (Å²) in [5.41, 5.74) is 1.56. The van der Waals surface area contributed by atoms with Crippen LogP contribution >= 0.6 is 0 Å². The Hall–Kier alpha value is -2.74. The molecular weight excluding hydrogens is 256 g/mol. The number of hydrogen-bond donors (Lipinski definition) is 1. The Kier molecular flexibility index (Phi) is 5.85. The summed E-state index contributed by atoms with van der Waals surface area (Å²) in [6.07, 6.45) is 1.30. The van der Waals surface area contributed by atoms with E-state index >= 15 is 0 Å². The maximum Gasteiger partial charge on any atom is 0.350 e. The van der Waals surface area contributed by atoms with Crippen molar-refractivity contribution in [1.29, 1.82) is 5.26 Å². The fourth-order valence-electron chi connectivity index (χ4n) is 1.26. The number of methoxy groups -OCH3 is 1. The summed E-state index contributed by atoms with van der Waals surface area (Å²) in [6, 6.07) is 8.87. The lowest BCUT2D eigenvalue weighted by atomic mass is 10.3. The molecule has 0 atom stereocenters. The first-order valence-electron chi connectivity index (χ1n) is 5.89. The van der Waals surface area contributed by atoms with E-state index in [0.29, 0.717) is 6.61 Å². The highest BCUT2D eigenvalue weighted by Gasteiger charge is 2.07. The van der Waals surface area contributed by atoms with E-state index < -0.39 is 5.97 Å². The summed E-state index contributed by atoms with van der Waals surface area (Å²) in [7, 11) is 1.22. The zero-order chi connectivity index (χ0) is 15.0. The molecule has 1 rings (SSSR count). The van der Waals surface area contributed by atoms with Gasteiger partial charge < -0.3 is 14.8 Å². The Bertz CT molecular complexity index is 553. The molecule has 0 aromatic heterocycles. The number of nitrogens with zero attached hydrogens (tertiary/aromatic N) is 1. The number of hydrogen-bond acceptors (Lipinski definition) is 5. The maximum atomic E-state index is 11.2. The van der Waals surface area contributed by atoms with Crippen LogP contribution in [-0.2, 0) is 9.53 Å². The van der Waals surface area contributed by atoms with Crippen molar-refractivity contribution < 1.29 is 14.3 Å². The quantitative estimate of drug-likeness (QED) is 0.373. The van der Waals surface area contributed by atoms with Crippen molar-refractivity contribution in [2.75, 3.05) is 19.0 Å². The Morgan fingerprint density at radius 2 is 2.10 bits per heavy atom. The number of carbonyl (C=O) groups excluding carboxylic acids is 1. The number of ether oxygens (including phenoxy) is 2. The number of carbonyl (C=O) groups is 1. The molecule has 0 spiro atoms. The van der Waals surface area contributed by atoms with Crippen molar-refractivity contribution >= 4 is 11.7 Å². The van der Waals surface area contributed by atoms with Crippen LogP contribution in [0.1, 0.15) is 6.92 Å². The number of nitriles is 1. The summed E-state index contributed by atoms with van der Waals surface area (Å²) in [5.74, 6) is 0.0393. The largest absolute Gasteiger partial charge is 0.489 e. The smallest absolute Gasteiger partial charge is 0.350 e. The van der Waals surface area contributed by atoms with Crippen LogP contribution in [0.3, 0.4) is 0 Å². The molecule has 0 fully saturated rings. The molecule has 0 saturated heterocycles. The number of rotatable bonds is 6. The highest BCUT2D eigenvalue weighted by atomic mass is 16.5. The third kappa shape index (κ3) is 4.86. The molecule has 5 nitrogen and oxygen atoms in total. The van der Waals surface area contributed by atoms with Gasteiger partial charge >= 0.3 is 5.97 Å². The van der Waals surface area contributed by atoms with E-state index in [1.165, 1.54) is 13.3 Å². The van der Waals surface area contributed by atoms with Gasteiger partial charge in [0.1, 0.15) is 18.4 Å². The minimum atomic E-state index is -0.679. The van der Waals surface area contributed by atoms with E-state index in [1.54, 1.807) is 30.3 Å². The molecule has 0 aliphatic heterocycles. The lowest BCUT2D eigenvalue weighted by Gasteiger charge is -2.07. The Morgan fingerprint density at radius 1 is 1.45 bits per heavy atom. The van der Waals surface area contributed by atoms with Crippen molar-refractivity contribution in [2.45, 2.75) is 6.92 Å². The predicted octanol–water partition coefficient (Wildman–Crippen LogP) is 2.63. The van der Waals surface area contributed by atoms with Crippen LogP contribution in [0.15, 0.2) is 48.2 Å². The second-order valence-corrected chi connectivity index (χ2v) is 4.08. The van der Waals surface area contributed by atoms with Crippen LogP contribution in [-0.4, -0.2) is 19.7 Å². The molecule has 0 aliphatic rings. The van der Waals surface area contributed by atoms with Crippen LogP contribution in [0, 0.1) is 11.3 Å². The van der Waals surface area contributed by atoms with Gasteiger partial charge in [-0.05, 0) is 36.8 Å². The second-order valence-electron chi connectivity index (χ2n) is 4.08. The lowest BCUT2D eigenvalue weighted by Crippen LogP contribution is -2.05. The van der Waals surface area contributed by atoms with Gasteiger partial charge in [0.25, 0.3) is 0 Å². The minimum Gasteiger partial charge on any atom is -0.489 e. The molecule has 1 aromatic rings. The monoisotopic (exact) mass is 272 g/mol. The SMILES string of the molecule is C=C(C)COc1ccc(N/C=C(/C#N)C(=O)OC)cc1. The summed E-state index contributed by atoms with van der Waals surface area (Å²) in [6.45, 7) is 6.10. The molecule has 0 unspecified atom stereocenters. The average Bonchev–Trinajstić information content (AvgIpc) is 2.46. The molecule has 20 heavy (non-hydrogen) atoms. The molecule has 0 heterocycles. The van der Waals surface area contributed by atoms with E-state index in [2.05, 4.69) is 16.6 Å². The topological polar surface area (TPSA) is 71.3 Å². The first kappa shape index (κ1) is 15.3. The summed E-state index contributed by atoms with van der Waals surface area (Å²) >= 11 is 0. The van der Waals surface area contributed by atoms with Gasteiger partial charge in [-0.3, -0.25) is 0 Å². The van der Waals surface area contributed by atoms with Gasteiger partial charge in [0, 0.05) is 11.9 Å². The standard InChI is InChI=1S/C15H16N2O3/c1-11(2)10-20-14-6-4-13(5-7-14)17-9-12(8-16)15(18)19-3/h4-7,9,17H,1,10H2,2-3H3/b12-9-. The van der Waals surface area contributed by atoms with Crippen molar-refractivity contribution in [1.82, 2.24) is 0 Å². The minimum absolute atomic E-state index is 0.102. The second kappa shape index (κ2) is 7.64. The predicted molar refractivity (Wildman–Crippen MR) is 76.1 cm³/mol. The van der Waals surface area contributed by atoms with Gasteiger partial charge in [0.05, 0.1) is 7.11 Å². The highest BCUT2D eigenvalue weighted by Crippen LogP contribution is 2.16. The fourth-order valence-corrected chi connectivity index (χ4v) is 1.26. The zero-order valence-electron chi connectivity index (χ0n) is 11.5. The number of nitrogens with one attached hydrogen (secondary N) is 1. The molecular formula is C15H16N2O3. The van der Waals surface area contributed by atoms with Crippen LogP contribution < -0.4 is 10.1 Å². The molecule has 0 saturated carbocycles. The van der Waals surface area contributed by atoms with Crippen LogP contribution in [0.5, 0.6) is 5.75 Å². The molecule has 1 N–H and O–H groups in total. The van der Waals surface area contributed by atoms with Gasteiger partial charge in [-0.2, -0.15) is 5.26 Å². The van der Waals surface area contributed by atoms with E-state index in [9.17, 15) is 4.79 Å². The molecule has 0 radical (unpaired) electrons. The molecule has 0 aliphatic carbocycles. The number of esters is 1. The summed E-state index contributed by atoms with van der Waals surface area (Å²) in [4.78, 5) is 11.2. The van der Waals surface area contributed by atoms with Crippen molar-refractivity contribution in [3.05, 3.63) is 48.2 Å². The molecule has 104 valence electrons. The number of benzene rings is 1. The molecule has 5 heteroatoms. The summed E-state index contributed by atoms with van der Waals surface area (Å²) < 4.78 is 9.92. The lowest BCUT2D eigenvalue weighted by molar-refractivity contribution is -0.135. The van der Waals surface area contributed by atoms with Gasteiger partial charge in [-0.25, -0.2) is 4.79 Å². The van der Waals surface area contributed by atoms with Gasteiger partial charge in [-0.1, -0.05) is 6.58 Å². The third-order valence-corrected chi connectivity index (χ3v) is 2.25. The van der Waals surface area contributed by atoms with Crippen molar-refractivity contribution in [3.63, 3.8) is 0 Å². The van der Waals surface area contributed by atoms with E-state index in [-0.39, 0.29) is 5.57 Å². The Morgan fingerprint density at radius 3 is 2.60 bits per heavy atom. The third-order valence-electron chi connectivity index (χ3n) is 2.25. The van der Waals surface area contributed by atoms with Crippen molar-refractivity contribution in [2.24, 2.45) is 0 Å². The average molecular weight is 272 g/mol. The summed E-state index contributed by atoms with van der Waals surface area (Å²) in [5, 5.41) is 11.6. The van der Waals surface area contributed by atoms with Crippen LogP contribution in [0.4, 0.5) is 5.69 Å². The zero-order valence-corrected chi connectivity index (χ0v) is 11.5. The van der Waals surface area contributed by atoms with E-state index in [0.717, 1.165) is 17.0 Å². The van der Waals surface area contributed by atoms with Crippen LogP contribution in [0.25, 0.3) is 0 Å². The van der Waals surface area contributed by atoms with Crippen LogP contribution in [0.2, 0.25) is 0 Å². The Labute approximate surface area is 118 Å². The first-order chi connectivity index (χ1) is 9.56. The molecule has 1 aromatic carbocycles. The van der Waals surface area contributed by atoms with E-state index in [4.69, 9.17) is 10.00 Å². The fraction of sp³-hybridized carbons (Fsp3) is 0.200. The Balaban J connectivity index is 2.66. The van der Waals surface area contributed by atoms with Gasteiger partial charge in [0.15, 0.2) is 5.57 Å². The molecule has 0 bridgehead atoms. The van der Waals surface area contributed by atoms with Gasteiger partial charge in [0.2, 0.25) is 0 Å². The van der Waals surface area contributed by atoms with Crippen molar-refractivity contribution in [3.8, 4) is 11.8 Å². The molecule has 0 amide bonds.